The predicted octanol–water partition coefficient (Wildman–Crippen LogP) is 3.31. The van der Waals surface area contributed by atoms with E-state index in [1.807, 2.05) is 6.92 Å². The third-order valence-electron chi connectivity index (χ3n) is 5.82. The van der Waals surface area contributed by atoms with E-state index in [0.29, 0.717) is 23.5 Å². The predicted molar refractivity (Wildman–Crippen MR) is 114 cm³/mol. The second-order valence-electron chi connectivity index (χ2n) is 7.87. The van der Waals surface area contributed by atoms with Crippen LogP contribution in [0.1, 0.15) is 35.6 Å². The van der Waals surface area contributed by atoms with Gasteiger partial charge in [-0.2, -0.15) is 0 Å². The van der Waals surface area contributed by atoms with Crippen LogP contribution in [-0.4, -0.2) is 53.2 Å². The van der Waals surface area contributed by atoms with Crippen molar-refractivity contribution in [2.75, 3.05) is 20.3 Å². The second kappa shape index (κ2) is 8.43. The number of carbonyl (C=O) groups is 2. The van der Waals surface area contributed by atoms with Gasteiger partial charge in [-0.1, -0.05) is 12.1 Å². The quantitative estimate of drug-likeness (QED) is 0.435. The van der Waals surface area contributed by atoms with Gasteiger partial charge in [-0.05, 0) is 61.2 Å². The molecular formula is C24H25NO6. The summed E-state index contributed by atoms with van der Waals surface area (Å²) < 4.78 is 11.0. The van der Waals surface area contributed by atoms with Crippen LogP contribution in [0.15, 0.2) is 48.0 Å². The lowest BCUT2D eigenvalue weighted by Crippen LogP contribution is -2.36. The largest absolute Gasteiger partial charge is 0.508 e. The smallest absolute Gasteiger partial charge is 0.295 e. The summed E-state index contributed by atoms with van der Waals surface area (Å²) in [5.74, 6) is -1.03. The molecule has 0 bridgehead atoms. The SMILES string of the molecule is COc1ccc(/C(O)=C2/C(=O)C(=O)N(CC3CCCO3)C2c2cccc(O)c2)cc1C. The first kappa shape index (κ1) is 20.9. The lowest BCUT2D eigenvalue weighted by Gasteiger charge is -2.27. The molecule has 2 unspecified atom stereocenters. The van der Waals surface area contributed by atoms with Gasteiger partial charge in [0.25, 0.3) is 11.7 Å². The van der Waals surface area contributed by atoms with E-state index in [9.17, 15) is 19.8 Å². The number of aliphatic hydroxyl groups is 1. The Balaban J connectivity index is 1.83. The van der Waals surface area contributed by atoms with Crippen molar-refractivity contribution in [2.45, 2.75) is 31.9 Å². The van der Waals surface area contributed by atoms with Crippen LogP contribution in [0.25, 0.3) is 5.76 Å². The number of hydrogen-bond acceptors (Lipinski definition) is 6. The standard InChI is InChI=1S/C24H25NO6/c1-14-11-16(8-9-19(14)30-2)22(27)20-21(15-5-3-6-17(26)12-15)25(24(29)23(20)28)13-18-7-4-10-31-18/h3,5-6,8-9,11-12,18,21,26-27H,4,7,10,13H2,1-2H3/b22-20-. The topological polar surface area (TPSA) is 96.3 Å². The van der Waals surface area contributed by atoms with Gasteiger partial charge in [0.1, 0.15) is 17.3 Å². The average Bonchev–Trinajstić information content (AvgIpc) is 3.35. The number of aryl methyl sites for hydroxylation is 1. The van der Waals surface area contributed by atoms with Crippen LogP contribution < -0.4 is 4.74 Å². The van der Waals surface area contributed by atoms with Crippen molar-refractivity contribution in [3.05, 3.63) is 64.7 Å². The number of ether oxygens (including phenoxy) is 2. The molecule has 4 rings (SSSR count). The summed E-state index contributed by atoms with van der Waals surface area (Å²) in [6, 6.07) is 10.6. The number of aromatic hydroxyl groups is 1. The van der Waals surface area contributed by atoms with Gasteiger partial charge >= 0.3 is 0 Å². The van der Waals surface area contributed by atoms with Crippen molar-refractivity contribution in [1.29, 1.82) is 0 Å². The Hall–Kier alpha value is -3.32. The Morgan fingerprint density at radius 2 is 2.03 bits per heavy atom. The van der Waals surface area contributed by atoms with E-state index in [1.54, 1.807) is 37.4 Å². The molecule has 2 aliphatic heterocycles. The lowest BCUT2D eigenvalue weighted by molar-refractivity contribution is -0.140. The number of ketones is 1. The maximum absolute atomic E-state index is 13.0. The lowest BCUT2D eigenvalue weighted by atomic mass is 9.94. The van der Waals surface area contributed by atoms with Crippen LogP contribution in [0, 0.1) is 6.92 Å². The van der Waals surface area contributed by atoms with Gasteiger partial charge in [0.05, 0.1) is 24.8 Å². The number of methoxy groups -OCH3 is 1. The Morgan fingerprint density at radius 3 is 2.68 bits per heavy atom. The summed E-state index contributed by atoms with van der Waals surface area (Å²) in [5.41, 5.74) is 1.75. The molecule has 0 spiro atoms. The van der Waals surface area contributed by atoms with Crippen LogP contribution in [0.5, 0.6) is 11.5 Å². The summed E-state index contributed by atoms with van der Waals surface area (Å²) in [7, 11) is 1.56. The van der Waals surface area contributed by atoms with E-state index in [-0.39, 0.29) is 29.7 Å². The molecule has 31 heavy (non-hydrogen) atoms. The number of Topliss-reactive ketones (excluding diaryl/α,β-unsaturated/α-hetero) is 1. The number of rotatable bonds is 5. The van der Waals surface area contributed by atoms with Gasteiger partial charge in [0, 0.05) is 18.7 Å². The fourth-order valence-electron chi connectivity index (χ4n) is 4.30. The molecule has 2 heterocycles. The number of phenolic OH excluding ortho intramolecular Hbond substituents is 1. The van der Waals surface area contributed by atoms with Crippen molar-refractivity contribution >= 4 is 17.4 Å². The fourth-order valence-corrected chi connectivity index (χ4v) is 4.30. The van der Waals surface area contributed by atoms with Gasteiger partial charge in [0.15, 0.2) is 0 Å². The van der Waals surface area contributed by atoms with Gasteiger partial charge in [-0.25, -0.2) is 0 Å². The highest BCUT2D eigenvalue weighted by Gasteiger charge is 2.47. The van der Waals surface area contributed by atoms with Crippen molar-refractivity contribution in [2.24, 2.45) is 0 Å². The maximum Gasteiger partial charge on any atom is 0.295 e. The first-order valence-corrected chi connectivity index (χ1v) is 10.2. The van der Waals surface area contributed by atoms with Crippen LogP contribution in [0.2, 0.25) is 0 Å². The molecule has 1 amide bonds. The molecule has 162 valence electrons. The zero-order valence-corrected chi connectivity index (χ0v) is 17.5. The molecule has 2 saturated heterocycles. The fraction of sp³-hybridized carbons (Fsp3) is 0.333. The minimum Gasteiger partial charge on any atom is -0.508 e. The third kappa shape index (κ3) is 3.88. The third-order valence-corrected chi connectivity index (χ3v) is 5.82. The maximum atomic E-state index is 13.0. The summed E-state index contributed by atoms with van der Waals surface area (Å²) in [4.78, 5) is 27.5. The van der Waals surface area contributed by atoms with Crippen molar-refractivity contribution in [3.63, 3.8) is 0 Å². The summed E-state index contributed by atoms with van der Waals surface area (Å²) in [5, 5.41) is 21.1. The molecule has 2 aliphatic rings. The van der Waals surface area contributed by atoms with E-state index >= 15 is 0 Å². The molecule has 2 atom stereocenters. The van der Waals surface area contributed by atoms with Gasteiger partial charge in [-0.3, -0.25) is 9.59 Å². The Morgan fingerprint density at radius 1 is 1.23 bits per heavy atom. The van der Waals surface area contributed by atoms with Crippen molar-refractivity contribution in [3.8, 4) is 11.5 Å². The number of nitrogens with zero attached hydrogens (tertiary/aromatic N) is 1. The van der Waals surface area contributed by atoms with Gasteiger partial charge in [0.2, 0.25) is 0 Å². The number of benzene rings is 2. The molecule has 7 heteroatoms. The van der Waals surface area contributed by atoms with Gasteiger partial charge < -0.3 is 24.6 Å². The Labute approximate surface area is 180 Å². The molecule has 0 radical (unpaired) electrons. The number of hydrogen-bond donors (Lipinski definition) is 2. The van der Waals surface area contributed by atoms with Crippen LogP contribution in [0.4, 0.5) is 0 Å². The highest BCUT2D eigenvalue weighted by molar-refractivity contribution is 6.46. The molecule has 2 N–H and O–H groups in total. The molecule has 2 aromatic carbocycles. The van der Waals surface area contributed by atoms with E-state index in [1.165, 1.54) is 17.0 Å². The number of aliphatic hydroxyl groups excluding tert-OH is 1. The van der Waals surface area contributed by atoms with E-state index in [0.717, 1.165) is 18.4 Å². The van der Waals surface area contributed by atoms with E-state index in [2.05, 4.69) is 0 Å². The molecule has 0 aromatic heterocycles. The minimum atomic E-state index is -0.821. The number of phenols is 1. The first-order valence-electron chi connectivity index (χ1n) is 10.2. The first-order chi connectivity index (χ1) is 14.9. The second-order valence-corrected chi connectivity index (χ2v) is 7.87. The monoisotopic (exact) mass is 423 g/mol. The summed E-state index contributed by atoms with van der Waals surface area (Å²) in [6.45, 7) is 2.69. The number of likely N-dealkylation sites (tertiary alicyclic amines) is 1. The van der Waals surface area contributed by atoms with Gasteiger partial charge in [-0.15, -0.1) is 0 Å². The molecule has 0 aliphatic carbocycles. The van der Waals surface area contributed by atoms with Crippen molar-refractivity contribution in [1.82, 2.24) is 4.90 Å². The highest BCUT2D eigenvalue weighted by Crippen LogP contribution is 2.41. The number of carbonyl (C=O) groups excluding carboxylic acids is 2. The average molecular weight is 423 g/mol. The van der Waals surface area contributed by atoms with E-state index in [4.69, 9.17) is 9.47 Å². The molecule has 2 fully saturated rings. The Kier molecular flexibility index (Phi) is 5.69. The van der Waals surface area contributed by atoms with Crippen LogP contribution in [-0.2, 0) is 14.3 Å². The van der Waals surface area contributed by atoms with Crippen molar-refractivity contribution < 1.29 is 29.3 Å². The summed E-state index contributed by atoms with van der Waals surface area (Å²) >= 11 is 0. The Bertz CT molecular complexity index is 1050. The van der Waals surface area contributed by atoms with Crippen LogP contribution >= 0.6 is 0 Å². The van der Waals surface area contributed by atoms with E-state index < -0.39 is 17.7 Å². The molecule has 7 nitrogen and oxygen atoms in total. The van der Waals surface area contributed by atoms with Crippen LogP contribution in [0.3, 0.4) is 0 Å². The minimum absolute atomic E-state index is 0.00170. The molecule has 0 saturated carbocycles. The zero-order chi connectivity index (χ0) is 22.1. The summed E-state index contributed by atoms with van der Waals surface area (Å²) in [6.07, 6.45) is 1.53. The highest BCUT2D eigenvalue weighted by atomic mass is 16.5. The molecule has 2 aromatic rings. The number of amides is 1. The zero-order valence-electron chi connectivity index (χ0n) is 17.5. The normalized spacial score (nSPS) is 22.8. The molecular weight excluding hydrogens is 398 g/mol.